The van der Waals surface area contributed by atoms with Crippen molar-refractivity contribution in [3.8, 4) is 28.4 Å². The summed E-state index contributed by atoms with van der Waals surface area (Å²) < 4.78 is 22.8. The molecule has 1 aliphatic rings. The molecule has 1 aliphatic carbocycles. The highest BCUT2D eigenvalue weighted by Gasteiger charge is 2.30. The standard InChI is InChI=1S/C40H38N2O6.CH4.H3P/c1-26-12-14-27(15-13-26)23-41-38(43)25-47-29-18-16-28(17-19-29)39(35-21-20-30(45-2)22-37(35)46-3)42-40(44)48-24-36-33-10-6-4-8-31(33)32-9-5-7-11-34(32)36;;/h4-22,36,39H,23-25H2,1-3H3,(H,41,43)(H,42,44);1H4;1H3. The maximum absolute atomic E-state index is 13.5. The van der Waals surface area contributed by atoms with Gasteiger partial charge in [-0.2, -0.15) is 9.90 Å². The SMILES string of the molecule is C.COc1ccc(C(NC(=O)OCC2c3ccccc3-c3ccccc32)c2ccc(OCC(=O)NCc3ccc(C)cc3)cc2)c(OC)c1.P. The molecule has 9 heteroatoms. The number of carbonyl (C=O) groups excluding carboxylic acids is 2. The lowest BCUT2D eigenvalue weighted by atomic mass is 9.97. The number of benzene rings is 5. The Morgan fingerprint density at radius 1 is 0.760 bits per heavy atom. The van der Waals surface area contributed by atoms with E-state index in [0.717, 1.165) is 44.5 Å². The second kappa shape index (κ2) is 17.4. The molecule has 2 amide bonds. The summed E-state index contributed by atoms with van der Waals surface area (Å²) in [4.78, 5) is 25.9. The van der Waals surface area contributed by atoms with Crippen LogP contribution in [0.15, 0.2) is 115 Å². The fraction of sp³-hybridized carbons (Fsp3) is 0.220. The van der Waals surface area contributed by atoms with Crippen LogP contribution in [0.4, 0.5) is 4.79 Å². The Balaban J connectivity index is 0.00000281. The van der Waals surface area contributed by atoms with E-state index in [1.165, 1.54) is 0 Å². The molecule has 5 aromatic rings. The number of carbonyl (C=O) groups is 2. The number of nitrogens with one attached hydrogen (secondary N) is 2. The van der Waals surface area contributed by atoms with Gasteiger partial charge in [-0.05, 0) is 64.6 Å². The van der Waals surface area contributed by atoms with Gasteiger partial charge in [0.1, 0.15) is 23.9 Å². The molecule has 2 unspecified atom stereocenters. The Morgan fingerprint density at radius 3 is 2.00 bits per heavy atom. The molecule has 50 heavy (non-hydrogen) atoms. The second-order valence-corrected chi connectivity index (χ2v) is 11.6. The van der Waals surface area contributed by atoms with Crippen molar-refractivity contribution in [2.24, 2.45) is 0 Å². The van der Waals surface area contributed by atoms with Gasteiger partial charge in [0, 0.05) is 24.1 Å². The maximum atomic E-state index is 13.5. The van der Waals surface area contributed by atoms with Gasteiger partial charge in [-0.3, -0.25) is 4.79 Å². The van der Waals surface area contributed by atoms with Crippen LogP contribution in [0, 0.1) is 6.92 Å². The zero-order chi connectivity index (χ0) is 33.5. The molecule has 260 valence electrons. The van der Waals surface area contributed by atoms with Crippen LogP contribution in [0.1, 0.15) is 52.8 Å². The molecule has 0 aromatic heterocycles. The van der Waals surface area contributed by atoms with Gasteiger partial charge < -0.3 is 29.6 Å². The van der Waals surface area contributed by atoms with Crippen LogP contribution in [0.3, 0.4) is 0 Å². The van der Waals surface area contributed by atoms with Crippen LogP contribution in [0.25, 0.3) is 11.1 Å². The van der Waals surface area contributed by atoms with Crippen LogP contribution in [0.5, 0.6) is 17.2 Å². The van der Waals surface area contributed by atoms with Crippen LogP contribution in [0.2, 0.25) is 0 Å². The van der Waals surface area contributed by atoms with Crippen LogP contribution < -0.4 is 24.8 Å². The summed E-state index contributed by atoms with van der Waals surface area (Å²) in [5.74, 6) is 1.40. The third kappa shape index (κ3) is 8.63. The molecule has 0 saturated heterocycles. The Hall–Kier alpha value is -5.33. The van der Waals surface area contributed by atoms with E-state index in [4.69, 9.17) is 18.9 Å². The third-order valence-corrected chi connectivity index (χ3v) is 8.55. The minimum absolute atomic E-state index is 0. The van der Waals surface area contributed by atoms with Crippen LogP contribution >= 0.6 is 9.90 Å². The van der Waals surface area contributed by atoms with Crippen LogP contribution in [-0.4, -0.2) is 39.4 Å². The van der Waals surface area contributed by atoms with Gasteiger partial charge in [-0.1, -0.05) is 97.9 Å². The number of alkyl carbamates (subject to hydrolysis) is 1. The van der Waals surface area contributed by atoms with E-state index in [2.05, 4.69) is 34.9 Å². The van der Waals surface area contributed by atoms with Crippen molar-refractivity contribution in [2.75, 3.05) is 27.4 Å². The zero-order valence-corrected chi connectivity index (χ0v) is 29.3. The quantitative estimate of drug-likeness (QED) is 0.129. The molecule has 6 rings (SSSR count). The molecule has 0 spiro atoms. The minimum Gasteiger partial charge on any atom is -0.497 e. The molecule has 0 bridgehead atoms. The first-order valence-electron chi connectivity index (χ1n) is 15.8. The number of methoxy groups -OCH3 is 2. The fourth-order valence-electron chi connectivity index (χ4n) is 6.02. The highest BCUT2D eigenvalue weighted by Crippen LogP contribution is 2.44. The summed E-state index contributed by atoms with van der Waals surface area (Å²) in [5, 5.41) is 5.93. The lowest BCUT2D eigenvalue weighted by molar-refractivity contribution is -0.123. The van der Waals surface area contributed by atoms with E-state index in [0.29, 0.717) is 23.8 Å². The smallest absolute Gasteiger partial charge is 0.407 e. The summed E-state index contributed by atoms with van der Waals surface area (Å²) in [6, 6.07) is 36.5. The molecule has 0 radical (unpaired) electrons. The minimum atomic E-state index is -0.617. The van der Waals surface area contributed by atoms with Crippen molar-refractivity contribution < 1.29 is 28.5 Å². The largest absolute Gasteiger partial charge is 0.497 e. The predicted molar refractivity (Wildman–Crippen MR) is 202 cm³/mol. The summed E-state index contributed by atoms with van der Waals surface area (Å²) >= 11 is 0. The van der Waals surface area contributed by atoms with Gasteiger partial charge in [-0.15, -0.1) is 0 Å². The Bertz CT molecular complexity index is 1850. The molecule has 2 atom stereocenters. The van der Waals surface area contributed by atoms with E-state index in [1.54, 1.807) is 32.4 Å². The van der Waals surface area contributed by atoms with Crippen molar-refractivity contribution in [3.63, 3.8) is 0 Å². The first kappa shape index (κ1) is 37.5. The zero-order valence-electron chi connectivity index (χ0n) is 27.9. The van der Waals surface area contributed by atoms with Gasteiger partial charge in [0.15, 0.2) is 6.61 Å². The van der Waals surface area contributed by atoms with E-state index in [9.17, 15) is 9.59 Å². The van der Waals surface area contributed by atoms with Crippen molar-refractivity contribution >= 4 is 21.9 Å². The monoisotopic (exact) mass is 692 g/mol. The van der Waals surface area contributed by atoms with Gasteiger partial charge >= 0.3 is 6.09 Å². The number of fused-ring (bicyclic) bond motifs is 3. The van der Waals surface area contributed by atoms with E-state index < -0.39 is 12.1 Å². The van der Waals surface area contributed by atoms with E-state index in [1.807, 2.05) is 79.7 Å². The van der Waals surface area contributed by atoms with Crippen LogP contribution in [-0.2, 0) is 16.1 Å². The number of hydrogen-bond donors (Lipinski definition) is 2. The third-order valence-electron chi connectivity index (χ3n) is 8.55. The Kier molecular flexibility index (Phi) is 13.0. The molecular weight excluding hydrogens is 647 g/mol. The molecule has 0 heterocycles. The van der Waals surface area contributed by atoms with Crippen molar-refractivity contribution in [3.05, 3.63) is 149 Å². The summed E-state index contributed by atoms with van der Waals surface area (Å²) in [6.45, 7) is 2.51. The molecule has 0 fully saturated rings. The van der Waals surface area contributed by atoms with Crippen molar-refractivity contribution in [2.45, 2.75) is 32.9 Å². The normalized spacial score (nSPS) is 11.8. The summed E-state index contributed by atoms with van der Waals surface area (Å²) in [7, 11) is 3.16. The first-order chi connectivity index (χ1) is 23.4. The van der Waals surface area contributed by atoms with Gasteiger partial charge in [0.2, 0.25) is 0 Å². The fourth-order valence-corrected chi connectivity index (χ4v) is 6.02. The van der Waals surface area contributed by atoms with Crippen molar-refractivity contribution in [1.29, 1.82) is 0 Å². The van der Waals surface area contributed by atoms with Gasteiger partial charge in [0.25, 0.3) is 5.91 Å². The number of amides is 2. The number of aryl methyl sites for hydroxylation is 1. The second-order valence-electron chi connectivity index (χ2n) is 11.6. The molecule has 0 saturated carbocycles. The average Bonchev–Trinajstić information content (AvgIpc) is 3.45. The summed E-state index contributed by atoms with van der Waals surface area (Å²) in [6.07, 6.45) is -0.565. The highest BCUT2D eigenvalue weighted by atomic mass is 31.0. The molecule has 8 nitrogen and oxygen atoms in total. The lowest BCUT2D eigenvalue weighted by Crippen LogP contribution is -2.31. The number of rotatable bonds is 12. The Labute approximate surface area is 297 Å². The predicted octanol–water partition coefficient (Wildman–Crippen LogP) is 8.03. The van der Waals surface area contributed by atoms with Gasteiger partial charge in [-0.25, -0.2) is 4.79 Å². The number of ether oxygens (including phenoxy) is 4. The summed E-state index contributed by atoms with van der Waals surface area (Å²) in [5.41, 5.74) is 8.26. The van der Waals surface area contributed by atoms with E-state index >= 15 is 0 Å². The lowest BCUT2D eigenvalue weighted by Gasteiger charge is -2.23. The topological polar surface area (TPSA) is 95.1 Å². The van der Waals surface area contributed by atoms with Gasteiger partial charge in [0.05, 0.1) is 20.3 Å². The number of hydrogen-bond acceptors (Lipinski definition) is 6. The van der Waals surface area contributed by atoms with Crippen molar-refractivity contribution in [1.82, 2.24) is 10.6 Å². The molecular formula is C41H45N2O6P. The van der Waals surface area contributed by atoms with E-state index in [-0.39, 0.29) is 42.4 Å². The highest BCUT2D eigenvalue weighted by molar-refractivity contribution is 6.92. The maximum Gasteiger partial charge on any atom is 0.407 e. The molecule has 0 aliphatic heterocycles. The average molecular weight is 693 g/mol. The molecule has 5 aromatic carbocycles. The Morgan fingerprint density at radius 2 is 1.38 bits per heavy atom. The first-order valence-corrected chi connectivity index (χ1v) is 15.8. The molecule has 2 N–H and O–H groups in total.